The molecule has 1 amide bonds. The first-order valence-electron chi connectivity index (χ1n) is 12.9. The number of aliphatic imine (C=N–C) groups is 1. The molecule has 3 aromatic carbocycles. The second kappa shape index (κ2) is 11.7. The summed E-state index contributed by atoms with van der Waals surface area (Å²) in [7, 11) is 0. The number of amides is 1. The monoisotopic (exact) mass is 526 g/mol. The number of aryl methyl sites for hydroxylation is 1. The smallest absolute Gasteiger partial charge is 0.335 e. The topological polar surface area (TPSA) is 79.2 Å². The third-order valence-corrected chi connectivity index (χ3v) is 7.80. The van der Waals surface area contributed by atoms with E-state index in [1.165, 1.54) is 35.9 Å². The highest BCUT2D eigenvalue weighted by atomic mass is 32.2. The Morgan fingerprint density at radius 1 is 1.05 bits per heavy atom. The second-order valence-electron chi connectivity index (χ2n) is 9.64. The number of hydrogen-bond acceptors (Lipinski definition) is 5. The minimum atomic E-state index is -1.01. The first-order valence-corrected chi connectivity index (χ1v) is 13.7. The SMILES string of the molecule is Cc1ccc(COc2ccccc2/C=C2\SC(=Nc3cccc(C(=O)O)c3)N(C3CCCCC3)C2=O)cc1. The fraction of sp³-hybridized carbons (Fsp3) is 0.258. The number of amidine groups is 1. The number of rotatable bonds is 7. The van der Waals surface area contributed by atoms with Crippen molar-refractivity contribution in [3.05, 3.63) is 100.0 Å². The third-order valence-electron chi connectivity index (χ3n) is 6.82. The van der Waals surface area contributed by atoms with Gasteiger partial charge in [0.15, 0.2) is 5.17 Å². The van der Waals surface area contributed by atoms with E-state index < -0.39 is 5.97 Å². The summed E-state index contributed by atoms with van der Waals surface area (Å²) in [4.78, 5) is 32.3. The first-order chi connectivity index (χ1) is 18.5. The Kier molecular flexibility index (Phi) is 7.94. The van der Waals surface area contributed by atoms with Crippen molar-refractivity contribution < 1.29 is 19.4 Å². The van der Waals surface area contributed by atoms with Gasteiger partial charge in [-0.05, 0) is 67.4 Å². The molecule has 0 radical (unpaired) electrons. The van der Waals surface area contributed by atoms with Crippen molar-refractivity contribution in [2.24, 2.45) is 4.99 Å². The number of carbonyl (C=O) groups is 2. The molecule has 0 bridgehead atoms. The van der Waals surface area contributed by atoms with Crippen molar-refractivity contribution >= 4 is 40.6 Å². The molecule has 194 valence electrons. The lowest BCUT2D eigenvalue weighted by Crippen LogP contribution is -2.40. The number of para-hydroxylation sites is 1. The molecular weight excluding hydrogens is 496 g/mol. The zero-order valence-electron chi connectivity index (χ0n) is 21.3. The molecule has 1 saturated heterocycles. The molecule has 38 heavy (non-hydrogen) atoms. The van der Waals surface area contributed by atoms with Crippen LogP contribution in [0.1, 0.15) is 59.2 Å². The van der Waals surface area contributed by atoms with Gasteiger partial charge in [0, 0.05) is 11.6 Å². The van der Waals surface area contributed by atoms with Crippen molar-refractivity contribution in [2.45, 2.75) is 51.7 Å². The van der Waals surface area contributed by atoms with Gasteiger partial charge in [0.2, 0.25) is 0 Å². The van der Waals surface area contributed by atoms with Gasteiger partial charge in [-0.3, -0.25) is 9.69 Å². The normalized spacial score (nSPS) is 18.3. The van der Waals surface area contributed by atoms with Crippen molar-refractivity contribution in [1.82, 2.24) is 4.90 Å². The van der Waals surface area contributed by atoms with Crippen LogP contribution in [0.4, 0.5) is 5.69 Å². The molecule has 2 aliphatic rings. The average Bonchev–Trinajstić information content (AvgIpc) is 3.23. The Hall–Kier alpha value is -3.84. The van der Waals surface area contributed by atoms with E-state index in [1.807, 2.05) is 35.2 Å². The Morgan fingerprint density at radius 2 is 1.82 bits per heavy atom. The van der Waals surface area contributed by atoms with Gasteiger partial charge in [-0.2, -0.15) is 0 Å². The first kappa shape index (κ1) is 25.8. The van der Waals surface area contributed by atoms with Crippen molar-refractivity contribution in [3.8, 4) is 5.75 Å². The van der Waals surface area contributed by atoms with Gasteiger partial charge in [-0.25, -0.2) is 9.79 Å². The standard InChI is InChI=1S/C31H30N2O4S/c1-21-14-16-22(17-15-21)20-37-27-13-6-5-8-23(27)19-28-29(34)33(26-11-3-2-4-12-26)31(38-28)32-25-10-7-9-24(18-25)30(35)36/h5-10,13-19,26H,2-4,11-12,20H2,1H3,(H,35,36)/b28-19-,32-31?. The minimum Gasteiger partial charge on any atom is -0.488 e. The van der Waals surface area contributed by atoms with Gasteiger partial charge in [0.05, 0.1) is 16.2 Å². The molecule has 2 fully saturated rings. The Morgan fingerprint density at radius 3 is 2.58 bits per heavy atom. The van der Waals surface area contributed by atoms with Gasteiger partial charge in [-0.1, -0.05) is 73.4 Å². The van der Waals surface area contributed by atoms with Crippen molar-refractivity contribution in [3.63, 3.8) is 0 Å². The van der Waals surface area contributed by atoms with Crippen LogP contribution in [0.3, 0.4) is 0 Å². The number of carboxylic acids is 1. The van der Waals surface area contributed by atoms with Crippen molar-refractivity contribution in [2.75, 3.05) is 0 Å². The van der Waals surface area contributed by atoms with E-state index in [9.17, 15) is 14.7 Å². The molecule has 6 nitrogen and oxygen atoms in total. The van der Waals surface area contributed by atoms with Gasteiger partial charge in [-0.15, -0.1) is 0 Å². The van der Waals surface area contributed by atoms with Crippen LogP contribution < -0.4 is 4.74 Å². The molecule has 1 aliphatic heterocycles. The third kappa shape index (κ3) is 6.00. The minimum absolute atomic E-state index is 0.0663. The van der Waals surface area contributed by atoms with Crippen LogP contribution in [0.5, 0.6) is 5.75 Å². The lowest BCUT2D eigenvalue weighted by molar-refractivity contribution is -0.124. The molecule has 1 saturated carbocycles. The molecule has 1 heterocycles. The highest BCUT2D eigenvalue weighted by Gasteiger charge is 2.38. The van der Waals surface area contributed by atoms with Crippen LogP contribution in [0, 0.1) is 6.92 Å². The fourth-order valence-electron chi connectivity index (χ4n) is 4.76. The zero-order valence-corrected chi connectivity index (χ0v) is 22.1. The number of carboxylic acid groups (broad SMARTS) is 1. The van der Waals surface area contributed by atoms with Crippen LogP contribution in [0.2, 0.25) is 0 Å². The average molecular weight is 527 g/mol. The van der Waals surface area contributed by atoms with Crippen molar-refractivity contribution in [1.29, 1.82) is 0 Å². The molecule has 5 rings (SSSR count). The second-order valence-corrected chi connectivity index (χ2v) is 10.6. The number of nitrogens with zero attached hydrogens (tertiary/aromatic N) is 2. The van der Waals surface area contributed by atoms with Crippen LogP contribution in [-0.4, -0.2) is 33.1 Å². The molecule has 0 spiro atoms. The number of hydrogen-bond donors (Lipinski definition) is 1. The van der Waals surface area contributed by atoms with Crippen LogP contribution in [-0.2, 0) is 11.4 Å². The van der Waals surface area contributed by atoms with Gasteiger partial charge < -0.3 is 9.84 Å². The van der Waals surface area contributed by atoms with E-state index in [0.29, 0.717) is 28.1 Å². The number of carbonyl (C=O) groups excluding carboxylic acids is 1. The summed E-state index contributed by atoms with van der Waals surface area (Å²) in [6.45, 7) is 2.49. The highest BCUT2D eigenvalue weighted by molar-refractivity contribution is 8.18. The highest BCUT2D eigenvalue weighted by Crippen LogP contribution is 2.39. The molecule has 1 aliphatic carbocycles. The van der Waals surface area contributed by atoms with Crippen LogP contribution in [0.15, 0.2) is 82.7 Å². The summed E-state index contributed by atoms with van der Waals surface area (Å²) in [5.74, 6) is -0.365. The summed E-state index contributed by atoms with van der Waals surface area (Å²) in [6.07, 6.45) is 7.08. The molecule has 0 aromatic heterocycles. The van der Waals surface area contributed by atoms with Gasteiger partial charge in [0.1, 0.15) is 12.4 Å². The summed E-state index contributed by atoms with van der Waals surface area (Å²) in [5.41, 5.74) is 3.79. The molecule has 0 atom stereocenters. The zero-order chi connectivity index (χ0) is 26.5. The summed E-state index contributed by atoms with van der Waals surface area (Å²) in [6, 6.07) is 22.5. The molecule has 3 aromatic rings. The van der Waals surface area contributed by atoms with E-state index in [-0.39, 0.29) is 17.5 Å². The quantitative estimate of drug-likeness (QED) is 0.329. The van der Waals surface area contributed by atoms with E-state index in [0.717, 1.165) is 36.8 Å². The van der Waals surface area contributed by atoms with Gasteiger partial charge >= 0.3 is 5.97 Å². The summed E-state index contributed by atoms with van der Waals surface area (Å²) < 4.78 is 6.15. The molecule has 7 heteroatoms. The predicted molar refractivity (Wildman–Crippen MR) is 152 cm³/mol. The number of benzene rings is 3. The van der Waals surface area contributed by atoms with Crippen LogP contribution >= 0.6 is 11.8 Å². The molecule has 0 unspecified atom stereocenters. The fourth-order valence-corrected chi connectivity index (χ4v) is 5.81. The number of aromatic carboxylic acids is 1. The van der Waals surface area contributed by atoms with E-state index in [4.69, 9.17) is 9.73 Å². The molecule has 1 N–H and O–H groups in total. The Bertz CT molecular complexity index is 1390. The number of ether oxygens (including phenoxy) is 1. The van der Waals surface area contributed by atoms with Gasteiger partial charge in [0.25, 0.3) is 5.91 Å². The maximum absolute atomic E-state index is 13.7. The Labute approximate surface area is 227 Å². The summed E-state index contributed by atoms with van der Waals surface area (Å²) in [5, 5.41) is 9.98. The van der Waals surface area contributed by atoms with Crippen LogP contribution in [0.25, 0.3) is 6.08 Å². The maximum atomic E-state index is 13.7. The Balaban J connectivity index is 1.45. The van der Waals surface area contributed by atoms with E-state index >= 15 is 0 Å². The van der Waals surface area contributed by atoms with E-state index in [1.54, 1.807) is 12.1 Å². The largest absolute Gasteiger partial charge is 0.488 e. The maximum Gasteiger partial charge on any atom is 0.335 e. The lowest BCUT2D eigenvalue weighted by atomic mass is 9.94. The lowest BCUT2D eigenvalue weighted by Gasteiger charge is -2.30. The number of thioether (sulfide) groups is 1. The molecular formula is C31H30N2O4S. The van der Waals surface area contributed by atoms with E-state index in [2.05, 4.69) is 31.2 Å². The summed E-state index contributed by atoms with van der Waals surface area (Å²) >= 11 is 1.33. The predicted octanol–water partition coefficient (Wildman–Crippen LogP) is 7.21.